The summed E-state index contributed by atoms with van der Waals surface area (Å²) in [5.41, 5.74) is 1.82. The molecule has 1 heterocycles. The van der Waals surface area contributed by atoms with Crippen LogP contribution < -0.4 is 5.32 Å². The molecular formula is C20H26N2O4. The molecule has 3 unspecified atom stereocenters. The van der Waals surface area contributed by atoms with E-state index in [1.54, 1.807) is 6.20 Å². The van der Waals surface area contributed by atoms with Gasteiger partial charge in [0.15, 0.2) is 0 Å². The maximum absolute atomic E-state index is 12.2. The Hall–Kier alpha value is -2.34. The van der Waals surface area contributed by atoms with Crippen LogP contribution in [0.2, 0.25) is 0 Å². The molecule has 0 aliphatic heterocycles. The molecule has 6 heteroatoms. The molecule has 3 N–H and O–H groups in total. The molecule has 2 aromatic rings. The molecule has 0 bridgehead atoms. The third-order valence-electron chi connectivity index (χ3n) is 5.19. The van der Waals surface area contributed by atoms with Crippen molar-refractivity contribution < 1.29 is 19.4 Å². The van der Waals surface area contributed by atoms with E-state index in [1.165, 1.54) is 6.42 Å². The molecule has 0 radical (unpaired) electrons. The van der Waals surface area contributed by atoms with Crippen LogP contribution in [0.15, 0.2) is 30.5 Å². The third-order valence-corrected chi connectivity index (χ3v) is 5.19. The fourth-order valence-electron chi connectivity index (χ4n) is 3.67. The lowest BCUT2D eigenvalue weighted by molar-refractivity contribution is -0.143. The fraction of sp³-hybridized carbons (Fsp3) is 0.500. The minimum atomic E-state index is -1.05. The quantitative estimate of drug-likeness (QED) is 0.710. The highest BCUT2D eigenvalue weighted by Gasteiger charge is 2.25. The average molecular weight is 358 g/mol. The highest BCUT2D eigenvalue weighted by molar-refractivity contribution is 5.87. The number of carboxylic acids is 1. The second-order valence-electron chi connectivity index (χ2n) is 7.13. The number of carbonyl (C=O) groups excluding carboxylic acids is 1. The molecule has 0 spiro atoms. The van der Waals surface area contributed by atoms with Gasteiger partial charge in [0, 0.05) is 23.5 Å². The molecule has 1 aromatic heterocycles. The monoisotopic (exact) mass is 358 g/mol. The number of nitrogens with one attached hydrogen (secondary N) is 2. The second-order valence-corrected chi connectivity index (χ2v) is 7.13. The summed E-state index contributed by atoms with van der Waals surface area (Å²) in [6.45, 7) is 2.05. The summed E-state index contributed by atoms with van der Waals surface area (Å²) < 4.78 is 5.73. The third kappa shape index (κ3) is 4.43. The number of para-hydroxylation sites is 1. The lowest BCUT2D eigenvalue weighted by Crippen LogP contribution is -2.44. The molecule has 26 heavy (non-hydrogen) atoms. The number of hydrogen-bond donors (Lipinski definition) is 3. The number of aromatic amines is 1. The number of fused-ring (bicyclic) bond motifs is 1. The number of hydrogen-bond acceptors (Lipinski definition) is 3. The molecule has 1 aliphatic carbocycles. The van der Waals surface area contributed by atoms with Crippen LogP contribution in [0, 0.1) is 5.92 Å². The van der Waals surface area contributed by atoms with Crippen LogP contribution in [-0.2, 0) is 20.7 Å². The number of carbonyl (C=O) groups is 2. The zero-order chi connectivity index (χ0) is 18.5. The standard InChI is InChI=1S/C20H26N2O4/c1-13-6-2-5-9-18(13)26-12-19(23)22-17(20(24)25)10-14-11-21-16-8-4-3-7-15(14)16/h3-4,7-8,11,13,17-18,21H,2,5-6,9-10,12H2,1H3,(H,22,23)(H,24,25). The van der Waals surface area contributed by atoms with E-state index in [-0.39, 0.29) is 25.0 Å². The van der Waals surface area contributed by atoms with Crippen LogP contribution in [0.1, 0.15) is 38.2 Å². The first-order valence-electron chi connectivity index (χ1n) is 9.23. The molecule has 140 valence electrons. The van der Waals surface area contributed by atoms with E-state index >= 15 is 0 Å². The minimum Gasteiger partial charge on any atom is -0.480 e. The largest absolute Gasteiger partial charge is 0.480 e. The number of amides is 1. The molecule has 0 saturated heterocycles. The molecule has 6 nitrogen and oxygen atoms in total. The molecule has 1 saturated carbocycles. The molecule has 1 fully saturated rings. The maximum atomic E-state index is 12.2. The highest BCUT2D eigenvalue weighted by atomic mass is 16.5. The van der Waals surface area contributed by atoms with Gasteiger partial charge in [-0.2, -0.15) is 0 Å². The Morgan fingerprint density at radius 1 is 1.31 bits per heavy atom. The van der Waals surface area contributed by atoms with Crippen LogP contribution in [-0.4, -0.2) is 40.7 Å². The Kier molecular flexibility index (Phi) is 5.93. The normalized spacial score (nSPS) is 21.4. The number of rotatable bonds is 7. The summed E-state index contributed by atoms with van der Waals surface area (Å²) in [6, 6.07) is 6.73. The van der Waals surface area contributed by atoms with Crippen molar-refractivity contribution in [3.05, 3.63) is 36.0 Å². The van der Waals surface area contributed by atoms with Gasteiger partial charge in [0.2, 0.25) is 5.91 Å². The first kappa shape index (κ1) is 18.5. The van der Waals surface area contributed by atoms with Gasteiger partial charge in [-0.05, 0) is 30.4 Å². The summed E-state index contributed by atoms with van der Waals surface area (Å²) in [5, 5.41) is 13.1. The van der Waals surface area contributed by atoms with Crippen LogP contribution in [0.3, 0.4) is 0 Å². The Morgan fingerprint density at radius 2 is 2.08 bits per heavy atom. The van der Waals surface area contributed by atoms with E-state index in [1.807, 2.05) is 24.3 Å². The number of aliphatic carboxylic acids is 1. The predicted octanol–water partition coefficient (Wildman–Crippen LogP) is 2.88. The van der Waals surface area contributed by atoms with Gasteiger partial charge in [-0.15, -0.1) is 0 Å². The van der Waals surface area contributed by atoms with Gasteiger partial charge in [0.25, 0.3) is 0 Å². The van der Waals surface area contributed by atoms with E-state index in [9.17, 15) is 14.7 Å². The molecule has 3 atom stereocenters. The van der Waals surface area contributed by atoms with Gasteiger partial charge in [0.05, 0.1) is 6.10 Å². The highest BCUT2D eigenvalue weighted by Crippen LogP contribution is 2.26. The molecule has 1 aromatic carbocycles. The summed E-state index contributed by atoms with van der Waals surface area (Å²) in [4.78, 5) is 26.9. The Bertz CT molecular complexity index is 770. The van der Waals surface area contributed by atoms with E-state index in [0.717, 1.165) is 35.7 Å². The van der Waals surface area contributed by atoms with Crippen molar-refractivity contribution in [1.29, 1.82) is 0 Å². The van der Waals surface area contributed by atoms with Gasteiger partial charge in [-0.25, -0.2) is 4.79 Å². The van der Waals surface area contributed by atoms with Crippen molar-refractivity contribution in [1.82, 2.24) is 10.3 Å². The predicted molar refractivity (Wildman–Crippen MR) is 98.9 cm³/mol. The van der Waals surface area contributed by atoms with Gasteiger partial charge < -0.3 is 20.1 Å². The van der Waals surface area contributed by atoms with Gasteiger partial charge in [-0.1, -0.05) is 38.0 Å². The van der Waals surface area contributed by atoms with E-state index in [4.69, 9.17) is 4.74 Å². The van der Waals surface area contributed by atoms with E-state index in [2.05, 4.69) is 17.2 Å². The van der Waals surface area contributed by atoms with E-state index in [0.29, 0.717) is 5.92 Å². The smallest absolute Gasteiger partial charge is 0.326 e. The topological polar surface area (TPSA) is 91.4 Å². The minimum absolute atomic E-state index is 0.0893. The fourth-order valence-corrected chi connectivity index (χ4v) is 3.67. The van der Waals surface area contributed by atoms with Gasteiger partial charge in [-0.3, -0.25) is 4.79 Å². The summed E-state index contributed by atoms with van der Waals surface area (Å²) in [7, 11) is 0. The first-order valence-corrected chi connectivity index (χ1v) is 9.23. The average Bonchev–Trinajstić information content (AvgIpc) is 3.03. The lowest BCUT2D eigenvalue weighted by Gasteiger charge is -2.28. The van der Waals surface area contributed by atoms with Crippen molar-refractivity contribution in [2.75, 3.05) is 6.61 Å². The Labute approximate surface area is 152 Å². The number of ether oxygens (including phenoxy) is 1. The molecule has 3 rings (SSSR count). The zero-order valence-corrected chi connectivity index (χ0v) is 15.0. The van der Waals surface area contributed by atoms with Crippen molar-refractivity contribution in [3.63, 3.8) is 0 Å². The summed E-state index contributed by atoms with van der Waals surface area (Å²) >= 11 is 0. The molecule has 1 amide bonds. The zero-order valence-electron chi connectivity index (χ0n) is 15.0. The summed E-state index contributed by atoms with van der Waals surface area (Å²) in [5.74, 6) is -0.984. The SMILES string of the molecule is CC1CCCCC1OCC(=O)NC(Cc1c[nH]c2ccccc12)C(=O)O. The van der Waals surface area contributed by atoms with Crippen molar-refractivity contribution in [2.24, 2.45) is 5.92 Å². The van der Waals surface area contributed by atoms with E-state index < -0.39 is 12.0 Å². The number of H-pyrrole nitrogens is 1. The Balaban J connectivity index is 1.58. The molecule has 1 aliphatic rings. The van der Waals surface area contributed by atoms with Crippen molar-refractivity contribution >= 4 is 22.8 Å². The maximum Gasteiger partial charge on any atom is 0.326 e. The number of benzene rings is 1. The number of carboxylic acid groups (broad SMARTS) is 1. The summed E-state index contributed by atoms with van der Waals surface area (Å²) in [6.07, 6.45) is 6.52. The van der Waals surface area contributed by atoms with Crippen LogP contribution >= 0.6 is 0 Å². The van der Waals surface area contributed by atoms with Crippen LogP contribution in [0.5, 0.6) is 0 Å². The van der Waals surface area contributed by atoms with Crippen LogP contribution in [0.4, 0.5) is 0 Å². The van der Waals surface area contributed by atoms with Gasteiger partial charge in [0.1, 0.15) is 12.6 Å². The first-order chi connectivity index (χ1) is 12.5. The van der Waals surface area contributed by atoms with Crippen molar-refractivity contribution in [3.8, 4) is 0 Å². The van der Waals surface area contributed by atoms with Gasteiger partial charge >= 0.3 is 5.97 Å². The van der Waals surface area contributed by atoms with Crippen molar-refractivity contribution in [2.45, 2.75) is 51.2 Å². The number of aromatic nitrogens is 1. The molecular weight excluding hydrogens is 332 g/mol. The van der Waals surface area contributed by atoms with Crippen LogP contribution in [0.25, 0.3) is 10.9 Å². The Morgan fingerprint density at radius 3 is 2.85 bits per heavy atom. The second kappa shape index (κ2) is 8.36. The lowest BCUT2D eigenvalue weighted by atomic mass is 9.88.